The molecule has 0 N–H and O–H groups in total. The van der Waals surface area contributed by atoms with Crippen molar-refractivity contribution in [2.24, 2.45) is 0 Å². The van der Waals surface area contributed by atoms with Crippen LogP contribution in [0.4, 0.5) is 0 Å². The van der Waals surface area contributed by atoms with E-state index in [2.05, 4.69) is 0 Å². The van der Waals surface area contributed by atoms with E-state index in [0.29, 0.717) is 16.7 Å². The van der Waals surface area contributed by atoms with E-state index in [1.165, 1.54) is 0 Å². The van der Waals surface area contributed by atoms with E-state index in [9.17, 15) is 5.48 Å². The lowest BCUT2D eigenvalue weighted by Gasteiger charge is -2.13. The van der Waals surface area contributed by atoms with Gasteiger partial charge >= 0.3 is 0 Å². The van der Waals surface area contributed by atoms with E-state index in [1.54, 1.807) is 24.3 Å². The fraction of sp³-hybridized carbons (Fsp3) is 0. The quantitative estimate of drug-likeness (QED) is 0.170. The maximum absolute atomic E-state index is 9.97. The van der Waals surface area contributed by atoms with E-state index in [4.69, 9.17) is 35.5 Å². The summed E-state index contributed by atoms with van der Waals surface area (Å²) < 4.78 is 171. The molecule has 0 aliphatic rings. The third-order valence-electron chi connectivity index (χ3n) is 9.36. The Kier molecular flexibility index (Phi) is 4.36. The van der Waals surface area contributed by atoms with Crippen LogP contribution in [0.1, 0.15) is 26.0 Å². The molecule has 0 saturated heterocycles. The van der Waals surface area contributed by atoms with Crippen LogP contribution in [0, 0.1) is 0 Å². The zero-order chi connectivity index (χ0) is 53.5. The predicted molar refractivity (Wildman–Crippen MR) is 234 cm³/mol. The van der Waals surface area contributed by atoms with Gasteiger partial charge in [0, 0.05) is 53.3 Å². The van der Waals surface area contributed by atoms with E-state index in [0.717, 1.165) is 27.0 Å². The van der Waals surface area contributed by atoms with Gasteiger partial charge in [-0.25, -0.2) is 15.0 Å². The van der Waals surface area contributed by atoms with E-state index in [-0.39, 0.29) is 48.2 Å². The number of benzene rings is 8. The smallest absolute Gasteiger partial charge is 0.165 e. The molecule has 0 aliphatic heterocycles. The summed E-state index contributed by atoms with van der Waals surface area (Å²) >= 11 is 0.828. The van der Waals surface area contributed by atoms with Gasteiger partial charge in [0.05, 0.1) is 37.1 Å². The highest BCUT2D eigenvalue weighted by atomic mass is 32.1. The molecule has 0 amide bonds. The fourth-order valence-electron chi connectivity index (χ4n) is 6.81. The second-order valence-electron chi connectivity index (χ2n) is 12.6. The summed E-state index contributed by atoms with van der Waals surface area (Å²) in [5, 5.41) is -0.907. The van der Waals surface area contributed by atoms with Gasteiger partial charge in [-0.15, -0.1) is 11.3 Å². The molecular weight excluding hydrogens is 701 g/mol. The molecule has 4 nitrogen and oxygen atoms in total. The van der Waals surface area contributed by atoms with Crippen molar-refractivity contribution in [1.82, 2.24) is 19.5 Å². The van der Waals surface area contributed by atoms with Crippen LogP contribution < -0.4 is 0 Å². The zero-order valence-corrected chi connectivity index (χ0v) is 29.5. The molecule has 3 heterocycles. The number of para-hydroxylation sites is 2. The average Bonchev–Trinajstić information content (AvgIpc) is 4.11. The number of thiophene rings is 1. The summed E-state index contributed by atoms with van der Waals surface area (Å²) in [5.41, 5.74) is 1.33. The van der Waals surface area contributed by atoms with Gasteiger partial charge in [0.1, 0.15) is 0 Å². The van der Waals surface area contributed by atoms with Crippen LogP contribution in [-0.2, 0) is 0 Å². The van der Waals surface area contributed by atoms with Crippen molar-refractivity contribution in [1.29, 1.82) is 0 Å². The van der Waals surface area contributed by atoms with Gasteiger partial charge in [-0.2, -0.15) is 0 Å². The first-order valence-corrected chi connectivity index (χ1v) is 18.0. The van der Waals surface area contributed by atoms with Crippen LogP contribution in [-0.4, -0.2) is 19.5 Å². The van der Waals surface area contributed by atoms with Crippen molar-refractivity contribution in [3.63, 3.8) is 0 Å². The second kappa shape index (κ2) is 13.3. The number of rotatable bonds is 6. The van der Waals surface area contributed by atoms with Crippen molar-refractivity contribution >= 4 is 53.3 Å². The lowest BCUT2D eigenvalue weighted by molar-refractivity contribution is 1.08. The van der Waals surface area contributed by atoms with E-state index >= 15 is 0 Å². The second-order valence-corrected chi connectivity index (χ2v) is 13.6. The lowest BCUT2D eigenvalue weighted by atomic mass is 9.96. The Balaban J connectivity index is 1.28. The third-order valence-corrected chi connectivity index (χ3v) is 10.5. The number of fused-ring (bicyclic) bond motifs is 6. The van der Waals surface area contributed by atoms with E-state index in [1.807, 2.05) is 54.6 Å². The largest absolute Gasteiger partial charge is 0.309 e. The minimum atomic E-state index is -0.798. The SMILES string of the molecule is [2H]c1c([2H])c([2H])c(-n2c3c([2H])c([2H])c([2H])c([2H])c3c3c([2H])c(-c4nc(-c5ccccc5-c5ccc(-c6ccccc6)cc5)nc(-c5c([2H])c([2H])c([2H])c6c5sc5c([2H])c([2H])c([2H])c([2H])c56)n4)c([2H])c([2H])c32)c([2H])c1[2H]. The van der Waals surface area contributed by atoms with Crippen LogP contribution in [0.25, 0.3) is 104 Å². The summed E-state index contributed by atoms with van der Waals surface area (Å²) in [6.07, 6.45) is 0. The van der Waals surface area contributed by atoms with Gasteiger partial charge in [-0.05, 0) is 70.6 Å². The van der Waals surface area contributed by atoms with Crippen molar-refractivity contribution < 1.29 is 26.0 Å². The Morgan fingerprint density at radius 1 is 0.411 bits per heavy atom. The number of hydrogen-bond donors (Lipinski definition) is 0. The topological polar surface area (TPSA) is 43.6 Å². The Labute approximate surface area is 354 Å². The number of hydrogen-bond acceptors (Lipinski definition) is 4. The lowest BCUT2D eigenvalue weighted by Crippen LogP contribution is -2.01. The van der Waals surface area contributed by atoms with E-state index < -0.39 is 143 Å². The molecule has 0 fully saturated rings. The van der Waals surface area contributed by atoms with Crippen LogP contribution in [0.3, 0.4) is 0 Å². The predicted octanol–water partition coefficient (Wildman–Crippen LogP) is 13.7. The molecule has 3 aromatic heterocycles. The highest BCUT2D eigenvalue weighted by Gasteiger charge is 2.20. The molecule has 56 heavy (non-hydrogen) atoms. The highest BCUT2D eigenvalue weighted by molar-refractivity contribution is 7.26. The van der Waals surface area contributed by atoms with Gasteiger partial charge in [-0.1, -0.05) is 145 Å². The molecule has 11 aromatic rings. The maximum Gasteiger partial charge on any atom is 0.165 e. The van der Waals surface area contributed by atoms with Crippen LogP contribution in [0.2, 0.25) is 0 Å². The molecule has 0 saturated carbocycles. The van der Waals surface area contributed by atoms with Gasteiger partial charge < -0.3 is 4.57 Å². The normalized spacial score (nSPS) is 16.3. The Morgan fingerprint density at radius 3 is 1.88 bits per heavy atom. The Bertz CT molecular complexity index is 4320. The zero-order valence-electron chi connectivity index (χ0n) is 47.7. The highest BCUT2D eigenvalue weighted by Crippen LogP contribution is 2.41. The number of aromatic nitrogens is 4. The standard InChI is InChI=1S/C51H32N4S/c1-3-14-33(15-4-1)34-26-28-35(29-27-34)38-18-7-8-21-42(38)50-52-49(53-51(54-50)43-23-13-22-41-40-20-10-12-25-47(40)56-48(41)43)36-30-31-46-44(32-36)39-19-9-11-24-45(39)55(46)37-16-5-2-6-17-37/h1-32H/i2D,5D,6D,9D,10D,11D,12D,13D,16D,17D,19D,20D,22D,23D,24D,25D,30D,31D,32D. The van der Waals surface area contributed by atoms with Gasteiger partial charge in [0.25, 0.3) is 0 Å². The van der Waals surface area contributed by atoms with Crippen molar-refractivity contribution in [3.8, 4) is 62.1 Å². The summed E-state index contributed by atoms with van der Waals surface area (Å²) in [4.78, 5) is 14.5. The summed E-state index contributed by atoms with van der Waals surface area (Å²) in [6, 6.07) is 11.4. The molecule has 11 rings (SSSR count). The molecular formula is C51H32N4S. The minimum absolute atomic E-state index is 0.0285. The fourth-order valence-corrected chi connectivity index (χ4v) is 7.87. The molecule has 0 unspecified atom stereocenters. The minimum Gasteiger partial charge on any atom is -0.309 e. The van der Waals surface area contributed by atoms with Gasteiger partial charge in [0.2, 0.25) is 0 Å². The third kappa shape index (κ3) is 5.40. The first-order chi connectivity index (χ1) is 35.7. The molecule has 0 spiro atoms. The van der Waals surface area contributed by atoms with Crippen LogP contribution in [0.15, 0.2) is 194 Å². The Morgan fingerprint density at radius 2 is 1.04 bits per heavy atom. The summed E-state index contributed by atoms with van der Waals surface area (Å²) in [5.74, 6) is -0.951. The van der Waals surface area contributed by atoms with Crippen LogP contribution >= 0.6 is 11.3 Å². The van der Waals surface area contributed by atoms with Crippen molar-refractivity contribution in [2.45, 2.75) is 0 Å². The van der Waals surface area contributed by atoms with Crippen molar-refractivity contribution in [3.05, 3.63) is 194 Å². The molecule has 8 aromatic carbocycles. The molecule has 0 bridgehead atoms. The molecule has 0 atom stereocenters. The molecule has 0 aliphatic carbocycles. The number of nitrogens with zero attached hydrogens (tertiary/aromatic N) is 4. The monoisotopic (exact) mass is 751 g/mol. The first kappa shape index (κ1) is 18.4. The summed E-state index contributed by atoms with van der Waals surface area (Å²) in [7, 11) is 0. The van der Waals surface area contributed by atoms with Gasteiger partial charge in [-0.3, -0.25) is 0 Å². The van der Waals surface area contributed by atoms with Gasteiger partial charge in [0.15, 0.2) is 17.5 Å². The molecule has 262 valence electrons. The molecule has 0 radical (unpaired) electrons. The first-order valence-electron chi connectivity index (χ1n) is 26.7. The maximum atomic E-state index is 9.97. The Hall–Kier alpha value is -7.21. The molecule has 5 heteroatoms. The van der Waals surface area contributed by atoms with Crippen LogP contribution in [0.5, 0.6) is 0 Å². The van der Waals surface area contributed by atoms with Crippen molar-refractivity contribution in [2.75, 3.05) is 0 Å². The summed E-state index contributed by atoms with van der Waals surface area (Å²) in [6.45, 7) is 0. The average molecular weight is 752 g/mol.